The van der Waals surface area contributed by atoms with Crippen LogP contribution >= 0.6 is 0 Å². The molecule has 0 radical (unpaired) electrons. The summed E-state index contributed by atoms with van der Waals surface area (Å²) in [7, 11) is 0. The van der Waals surface area contributed by atoms with Crippen molar-refractivity contribution < 1.29 is 19.1 Å². The normalized spacial score (nSPS) is 17.1. The Morgan fingerprint density at radius 1 is 1.00 bits per heavy atom. The van der Waals surface area contributed by atoms with Crippen LogP contribution in [0.3, 0.4) is 0 Å². The van der Waals surface area contributed by atoms with Crippen LogP contribution in [-0.4, -0.2) is 36.1 Å². The van der Waals surface area contributed by atoms with Crippen molar-refractivity contribution in [2.24, 2.45) is 5.10 Å². The molecule has 7 nitrogen and oxygen atoms in total. The minimum Gasteiger partial charge on any atom is -0.448 e. The molecule has 0 N–H and O–H groups in total. The van der Waals surface area contributed by atoms with Gasteiger partial charge in [-0.15, -0.1) is 0 Å². The summed E-state index contributed by atoms with van der Waals surface area (Å²) in [6, 6.07) is 16.7. The SMILES string of the molecule is CC(OC(=O)C1=NN(c2ccccc2)C(=O)CC1)C(=O)N1CCCc2ccccc21. The summed E-state index contributed by atoms with van der Waals surface area (Å²) in [5, 5.41) is 5.41. The van der Waals surface area contributed by atoms with Gasteiger partial charge >= 0.3 is 5.97 Å². The summed E-state index contributed by atoms with van der Waals surface area (Å²) in [4.78, 5) is 39.5. The van der Waals surface area contributed by atoms with Gasteiger partial charge in [0.25, 0.3) is 5.91 Å². The first-order valence-electron chi connectivity index (χ1n) is 10.1. The van der Waals surface area contributed by atoms with E-state index in [9.17, 15) is 14.4 Å². The van der Waals surface area contributed by atoms with Crippen molar-refractivity contribution in [3.63, 3.8) is 0 Å². The van der Waals surface area contributed by atoms with Gasteiger partial charge in [0.2, 0.25) is 5.91 Å². The van der Waals surface area contributed by atoms with Crippen molar-refractivity contribution >= 4 is 34.9 Å². The predicted octanol–water partition coefficient (Wildman–Crippen LogP) is 3.08. The van der Waals surface area contributed by atoms with Gasteiger partial charge in [-0.05, 0) is 43.5 Å². The van der Waals surface area contributed by atoms with Crippen LogP contribution in [0.15, 0.2) is 59.7 Å². The first-order chi connectivity index (χ1) is 14.5. The number of hydrazone groups is 1. The summed E-state index contributed by atoms with van der Waals surface area (Å²) in [6.45, 7) is 2.16. The molecule has 0 bridgehead atoms. The number of aryl methyl sites for hydroxylation is 1. The fraction of sp³-hybridized carbons (Fsp3) is 0.304. The number of rotatable bonds is 4. The molecule has 0 saturated carbocycles. The minimum atomic E-state index is -0.950. The fourth-order valence-corrected chi connectivity index (χ4v) is 3.73. The maximum absolute atomic E-state index is 13.0. The van der Waals surface area contributed by atoms with Crippen LogP contribution in [0.25, 0.3) is 0 Å². The third-order valence-corrected chi connectivity index (χ3v) is 5.28. The zero-order valence-corrected chi connectivity index (χ0v) is 16.8. The Morgan fingerprint density at radius 2 is 1.73 bits per heavy atom. The van der Waals surface area contributed by atoms with Crippen molar-refractivity contribution in [3.05, 3.63) is 60.2 Å². The van der Waals surface area contributed by atoms with E-state index in [1.54, 1.807) is 36.1 Å². The Kier molecular flexibility index (Phi) is 5.61. The van der Waals surface area contributed by atoms with E-state index >= 15 is 0 Å². The molecule has 1 atom stereocenters. The van der Waals surface area contributed by atoms with Gasteiger partial charge in [-0.2, -0.15) is 5.10 Å². The number of amides is 2. The van der Waals surface area contributed by atoms with Gasteiger partial charge < -0.3 is 9.64 Å². The second-order valence-electron chi connectivity index (χ2n) is 7.36. The predicted molar refractivity (Wildman–Crippen MR) is 113 cm³/mol. The van der Waals surface area contributed by atoms with Gasteiger partial charge in [-0.1, -0.05) is 36.4 Å². The zero-order valence-electron chi connectivity index (χ0n) is 16.8. The number of ether oxygens (including phenoxy) is 1. The quantitative estimate of drug-likeness (QED) is 0.733. The number of esters is 1. The number of nitrogens with zero attached hydrogens (tertiary/aromatic N) is 3. The molecule has 0 spiro atoms. The van der Waals surface area contributed by atoms with E-state index in [4.69, 9.17) is 4.74 Å². The summed E-state index contributed by atoms with van der Waals surface area (Å²) >= 11 is 0. The summed E-state index contributed by atoms with van der Waals surface area (Å²) in [6.07, 6.45) is 1.19. The van der Waals surface area contributed by atoms with Gasteiger partial charge in [-0.25, -0.2) is 9.80 Å². The summed E-state index contributed by atoms with van der Waals surface area (Å²) in [5.74, 6) is -1.12. The van der Waals surface area contributed by atoms with E-state index in [-0.39, 0.29) is 30.4 Å². The van der Waals surface area contributed by atoms with Crippen molar-refractivity contribution in [2.75, 3.05) is 16.5 Å². The Morgan fingerprint density at radius 3 is 2.53 bits per heavy atom. The van der Waals surface area contributed by atoms with Crippen LogP contribution in [0.4, 0.5) is 11.4 Å². The number of carbonyl (C=O) groups excluding carboxylic acids is 3. The van der Waals surface area contributed by atoms with Crippen LogP contribution < -0.4 is 9.91 Å². The number of hydrogen-bond donors (Lipinski definition) is 0. The Hall–Kier alpha value is -3.48. The monoisotopic (exact) mass is 405 g/mol. The fourth-order valence-electron chi connectivity index (χ4n) is 3.73. The highest BCUT2D eigenvalue weighted by atomic mass is 16.5. The number of para-hydroxylation sites is 2. The standard InChI is InChI=1S/C23H23N3O4/c1-16(22(28)25-15-7-9-17-8-5-6-12-20(17)25)30-23(29)19-13-14-21(27)26(24-19)18-10-3-2-4-11-18/h2-6,8,10-12,16H,7,9,13-15H2,1H3. The maximum atomic E-state index is 13.0. The molecule has 4 rings (SSSR count). The molecule has 1 unspecified atom stereocenters. The minimum absolute atomic E-state index is 0.136. The van der Waals surface area contributed by atoms with Gasteiger partial charge in [0, 0.05) is 25.1 Å². The molecule has 2 aromatic rings. The van der Waals surface area contributed by atoms with Crippen molar-refractivity contribution in [1.29, 1.82) is 0 Å². The van der Waals surface area contributed by atoms with Crippen molar-refractivity contribution in [1.82, 2.24) is 0 Å². The van der Waals surface area contributed by atoms with E-state index in [2.05, 4.69) is 5.10 Å². The number of carbonyl (C=O) groups is 3. The van der Waals surface area contributed by atoms with Crippen molar-refractivity contribution in [3.8, 4) is 0 Å². The molecule has 2 heterocycles. The third kappa shape index (κ3) is 3.96. The number of anilines is 2. The lowest BCUT2D eigenvalue weighted by atomic mass is 10.0. The average molecular weight is 405 g/mol. The van der Waals surface area contributed by atoms with E-state index in [1.807, 2.05) is 30.3 Å². The first kappa shape index (κ1) is 19.8. The lowest BCUT2D eigenvalue weighted by Gasteiger charge is -2.31. The lowest BCUT2D eigenvalue weighted by molar-refractivity contribution is -0.147. The highest BCUT2D eigenvalue weighted by Crippen LogP contribution is 2.27. The highest BCUT2D eigenvalue weighted by Gasteiger charge is 2.31. The van der Waals surface area contributed by atoms with E-state index in [0.717, 1.165) is 24.1 Å². The Balaban J connectivity index is 1.47. The molecule has 154 valence electrons. The van der Waals surface area contributed by atoms with Crippen LogP contribution in [0.1, 0.15) is 31.7 Å². The lowest BCUT2D eigenvalue weighted by Crippen LogP contribution is -2.44. The number of fused-ring (bicyclic) bond motifs is 1. The molecule has 30 heavy (non-hydrogen) atoms. The van der Waals surface area contributed by atoms with Crippen molar-refractivity contribution in [2.45, 2.75) is 38.7 Å². The van der Waals surface area contributed by atoms with Crippen LogP contribution in [0.5, 0.6) is 0 Å². The summed E-state index contributed by atoms with van der Waals surface area (Å²) < 4.78 is 5.44. The molecule has 2 aliphatic heterocycles. The van der Waals surface area contributed by atoms with E-state index < -0.39 is 12.1 Å². The van der Waals surface area contributed by atoms with Gasteiger partial charge in [-0.3, -0.25) is 9.59 Å². The van der Waals surface area contributed by atoms with Crippen LogP contribution in [0.2, 0.25) is 0 Å². The smallest absolute Gasteiger partial charge is 0.355 e. The molecular formula is C23H23N3O4. The molecule has 2 amide bonds. The third-order valence-electron chi connectivity index (χ3n) is 5.28. The molecule has 2 aromatic carbocycles. The maximum Gasteiger partial charge on any atom is 0.355 e. The number of hydrogen-bond acceptors (Lipinski definition) is 5. The van der Waals surface area contributed by atoms with Gasteiger partial charge in [0.1, 0.15) is 5.71 Å². The van der Waals surface area contributed by atoms with Gasteiger partial charge in [0.05, 0.1) is 5.69 Å². The van der Waals surface area contributed by atoms with Crippen LogP contribution in [-0.2, 0) is 25.5 Å². The molecule has 0 aliphatic carbocycles. The molecule has 0 saturated heterocycles. The van der Waals surface area contributed by atoms with E-state index in [0.29, 0.717) is 12.2 Å². The first-order valence-corrected chi connectivity index (χ1v) is 10.1. The Bertz CT molecular complexity index is 1000. The second kappa shape index (κ2) is 8.49. The molecule has 0 fully saturated rings. The largest absolute Gasteiger partial charge is 0.448 e. The zero-order chi connectivity index (χ0) is 21.1. The Labute approximate surface area is 174 Å². The molecular weight excluding hydrogens is 382 g/mol. The van der Waals surface area contributed by atoms with Gasteiger partial charge in [0.15, 0.2) is 6.10 Å². The molecule has 0 aromatic heterocycles. The molecule has 7 heteroatoms. The second-order valence-corrected chi connectivity index (χ2v) is 7.36. The molecule has 2 aliphatic rings. The van der Waals surface area contributed by atoms with E-state index in [1.165, 1.54) is 5.01 Å². The summed E-state index contributed by atoms with van der Waals surface area (Å²) in [5.41, 5.74) is 2.70. The van der Waals surface area contributed by atoms with Crippen LogP contribution in [0, 0.1) is 0 Å². The average Bonchev–Trinajstić information content (AvgIpc) is 2.79. The topological polar surface area (TPSA) is 79.3 Å². The number of benzene rings is 2. The highest BCUT2D eigenvalue weighted by molar-refractivity contribution is 6.38.